The van der Waals surface area contributed by atoms with Crippen LogP contribution in [0, 0.1) is 0 Å². The van der Waals surface area contributed by atoms with Crippen LogP contribution in [-0.4, -0.2) is 58.8 Å². The fourth-order valence-electron chi connectivity index (χ4n) is 3.36. The lowest BCUT2D eigenvalue weighted by molar-refractivity contribution is 0.0683. The molecule has 128 valence electrons. The molecule has 0 saturated carbocycles. The molecule has 3 rings (SSSR count). The highest BCUT2D eigenvalue weighted by molar-refractivity contribution is 4.99. The van der Waals surface area contributed by atoms with Crippen molar-refractivity contribution in [2.75, 3.05) is 32.8 Å². The molecule has 0 spiro atoms. The first-order valence-electron chi connectivity index (χ1n) is 8.83. The van der Waals surface area contributed by atoms with Crippen molar-refractivity contribution in [1.82, 2.24) is 19.9 Å². The molecule has 1 aromatic heterocycles. The fourth-order valence-corrected chi connectivity index (χ4v) is 3.36. The third kappa shape index (κ3) is 4.40. The zero-order chi connectivity index (χ0) is 16.1. The average Bonchev–Trinajstić information content (AvgIpc) is 3.05. The number of rotatable bonds is 6. The molecule has 1 saturated heterocycles. The summed E-state index contributed by atoms with van der Waals surface area (Å²) >= 11 is 0. The summed E-state index contributed by atoms with van der Waals surface area (Å²) in [5, 5.41) is 4.03. The SMILES string of the molecule is CCOC(C)c1noc(CN2CCN(C3C=CCCC3)CC2)n1. The van der Waals surface area contributed by atoms with Crippen molar-refractivity contribution >= 4 is 0 Å². The number of piperazine rings is 1. The summed E-state index contributed by atoms with van der Waals surface area (Å²) in [5.41, 5.74) is 0. The first kappa shape index (κ1) is 16.6. The van der Waals surface area contributed by atoms with Crippen LogP contribution < -0.4 is 0 Å². The molecule has 2 unspecified atom stereocenters. The van der Waals surface area contributed by atoms with Gasteiger partial charge in [-0.2, -0.15) is 4.98 Å². The second-order valence-corrected chi connectivity index (χ2v) is 6.38. The zero-order valence-electron chi connectivity index (χ0n) is 14.3. The van der Waals surface area contributed by atoms with E-state index in [2.05, 4.69) is 32.1 Å². The summed E-state index contributed by atoms with van der Waals surface area (Å²) in [6.45, 7) is 9.67. The number of hydrogen-bond donors (Lipinski definition) is 0. The lowest BCUT2D eigenvalue weighted by Gasteiger charge is -2.38. The summed E-state index contributed by atoms with van der Waals surface area (Å²) in [4.78, 5) is 9.46. The predicted octanol–water partition coefficient (Wildman–Crippen LogP) is 2.39. The highest BCUT2D eigenvalue weighted by Crippen LogP contribution is 2.19. The van der Waals surface area contributed by atoms with Crippen LogP contribution in [0.15, 0.2) is 16.7 Å². The normalized spacial score (nSPS) is 24.9. The van der Waals surface area contributed by atoms with Gasteiger partial charge >= 0.3 is 0 Å². The number of ether oxygens (including phenoxy) is 1. The van der Waals surface area contributed by atoms with Crippen molar-refractivity contribution in [1.29, 1.82) is 0 Å². The minimum atomic E-state index is -0.104. The van der Waals surface area contributed by atoms with Crippen LogP contribution >= 0.6 is 0 Å². The van der Waals surface area contributed by atoms with Crippen LogP contribution in [0.3, 0.4) is 0 Å². The molecule has 0 amide bonds. The van der Waals surface area contributed by atoms with E-state index in [1.165, 1.54) is 19.3 Å². The molecule has 2 aliphatic rings. The minimum absolute atomic E-state index is 0.104. The number of hydrogen-bond acceptors (Lipinski definition) is 6. The van der Waals surface area contributed by atoms with Gasteiger partial charge in [-0.3, -0.25) is 9.80 Å². The third-order valence-electron chi connectivity index (χ3n) is 4.73. The highest BCUT2D eigenvalue weighted by Gasteiger charge is 2.24. The van der Waals surface area contributed by atoms with E-state index in [1.54, 1.807) is 0 Å². The van der Waals surface area contributed by atoms with Crippen LogP contribution in [-0.2, 0) is 11.3 Å². The maximum atomic E-state index is 5.50. The van der Waals surface area contributed by atoms with E-state index >= 15 is 0 Å². The molecule has 1 aliphatic carbocycles. The molecule has 6 nitrogen and oxygen atoms in total. The Bertz CT molecular complexity index is 508. The highest BCUT2D eigenvalue weighted by atomic mass is 16.5. The van der Waals surface area contributed by atoms with Gasteiger partial charge in [0, 0.05) is 38.8 Å². The Morgan fingerprint density at radius 3 is 2.87 bits per heavy atom. The van der Waals surface area contributed by atoms with E-state index < -0.39 is 0 Å². The van der Waals surface area contributed by atoms with E-state index in [0.29, 0.717) is 24.4 Å². The summed E-state index contributed by atoms with van der Waals surface area (Å²) in [7, 11) is 0. The van der Waals surface area contributed by atoms with Gasteiger partial charge in [0.05, 0.1) is 6.54 Å². The molecule has 1 aliphatic heterocycles. The molecule has 1 fully saturated rings. The summed E-state index contributed by atoms with van der Waals surface area (Å²) < 4.78 is 10.9. The quantitative estimate of drug-likeness (QED) is 0.750. The molecule has 1 aromatic rings. The Morgan fingerprint density at radius 2 is 2.17 bits per heavy atom. The summed E-state index contributed by atoms with van der Waals surface area (Å²) in [5.74, 6) is 1.34. The summed E-state index contributed by atoms with van der Waals surface area (Å²) in [6.07, 6.45) is 8.49. The van der Waals surface area contributed by atoms with Crippen LogP contribution in [0.5, 0.6) is 0 Å². The maximum absolute atomic E-state index is 5.50. The van der Waals surface area contributed by atoms with Crippen molar-refractivity contribution in [3.05, 3.63) is 23.9 Å². The number of aromatic nitrogens is 2. The van der Waals surface area contributed by atoms with Crippen molar-refractivity contribution in [2.45, 2.75) is 51.8 Å². The molecule has 0 radical (unpaired) electrons. The van der Waals surface area contributed by atoms with E-state index in [-0.39, 0.29) is 6.10 Å². The van der Waals surface area contributed by atoms with Gasteiger partial charge in [0.25, 0.3) is 0 Å². The fraction of sp³-hybridized carbons (Fsp3) is 0.765. The topological polar surface area (TPSA) is 54.6 Å². The molecule has 6 heteroatoms. The van der Waals surface area contributed by atoms with Gasteiger partial charge < -0.3 is 9.26 Å². The Balaban J connectivity index is 1.47. The number of nitrogens with zero attached hydrogens (tertiary/aromatic N) is 4. The van der Waals surface area contributed by atoms with Crippen molar-refractivity contribution in [3.63, 3.8) is 0 Å². The second-order valence-electron chi connectivity index (χ2n) is 6.38. The van der Waals surface area contributed by atoms with Gasteiger partial charge in [0.15, 0.2) is 5.82 Å². The van der Waals surface area contributed by atoms with Gasteiger partial charge in [-0.05, 0) is 33.1 Å². The van der Waals surface area contributed by atoms with Crippen LogP contribution in [0.25, 0.3) is 0 Å². The molecule has 23 heavy (non-hydrogen) atoms. The van der Waals surface area contributed by atoms with Crippen molar-refractivity contribution < 1.29 is 9.26 Å². The first-order valence-corrected chi connectivity index (χ1v) is 8.83. The van der Waals surface area contributed by atoms with E-state index in [9.17, 15) is 0 Å². The van der Waals surface area contributed by atoms with Crippen LogP contribution in [0.2, 0.25) is 0 Å². The molecule has 0 N–H and O–H groups in total. The standard InChI is InChI=1S/C17H28N4O2/c1-3-22-14(2)17-18-16(23-19-17)13-20-9-11-21(12-10-20)15-7-5-4-6-8-15/h5,7,14-15H,3-4,6,8-13H2,1-2H3. The lowest BCUT2D eigenvalue weighted by atomic mass is 10.0. The molecular weight excluding hydrogens is 292 g/mol. The van der Waals surface area contributed by atoms with Crippen LogP contribution in [0.1, 0.15) is 50.9 Å². The van der Waals surface area contributed by atoms with Gasteiger partial charge in [-0.1, -0.05) is 17.3 Å². The van der Waals surface area contributed by atoms with E-state index in [4.69, 9.17) is 9.26 Å². The second kappa shape index (κ2) is 8.04. The van der Waals surface area contributed by atoms with Crippen molar-refractivity contribution in [2.24, 2.45) is 0 Å². The number of allylic oxidation sites excluding steroid dienone is 1. The maximum Gasteiger partial charge on any atom is 0.240 e. The Kier molecular flexibility index (Phi) is 5.80. The largest absolute Gasteiger partial charge is 0.371 e. The van der Waals surface area contributed by atoms with Gasteiger partial charge in [0.2, 0.25) is 5.89 Å². The monoisotopic (exact) mass is 320 g/mol. The predicted molar refractivity (Wildman–Crippen MR) is 88.0 cm³/mol. The third-order valence-corrected chi connectivity index (χ3v) is 4.73. The molecule has 2 atom stereocenters. The Labute approximate surface area is 138 Å². The van der Waals surface area contributed by atoms with E-state index in [0.717, 1.165) is 32.7 Å². The average molecular weight is 320 g/mol. The first-order chi connectivity index (χ1) is 11.3. The molecular formula is C17H28N4O2. The minimum Gasteiger partial charge on any atom is -0.371 e. The molecule has 0 bridgehead atoms. The summed E-state index contributed by atoms with van der Waals surface area (Å²) in [6, 6.07) is 0.646. The van der Waals surface area contributed by atoms with Crippen molar-refractivity contribution in [3.8, 4) is 0 Å². The van der Waals surface area contributed by atoms with Gasteiger partial charge in [0.1, 0.15) is 6.10 Å². The molecule has 0 aromatic carbocycles. The van der Waals surface area contributed by atoms with Gasteiger partial charge in [-0.15, -0.1) is 0 Å². The smallest absolute Gasteiger partial charge is 0.240 e. The Morgan fingerprint density at radius 1 is 1.35 bits per heavy atom. The van der Waals surface area contributed by atoms with Crippen LogP contribution in [0.4, 0.5) is 0 Å². The Hall–Kier alpha value is -1.24. The molecule has 2 heterocycles. The lowest BCUT2D eigenvalue weighted by Crippen LogP contribution is -2.49. The van der Waals surface area contributed by atoms with E-state index in [1.807, 2.05) is 13.8 Å². The zero-order valence-corrected chi connectivity index (χ0v) is 14.3. The van der Waals surface area contributed by atoms with Gasteiger partial charge in [-0.25, -0.2) is 0 Å².